The third-order valence-electron chi connectivity index (χ3n) is 2.49. The van der Waals surface area contributed by atoms with E-state index in [9.17, 15) is 13.2 Å². The second-order valence-electron chi connectivity index (χ2n) is 4.19. The van der Waals surface area contributed by atoms with Crippen LogP contribution >= 0.6 is 11.6 Å². The topological polar surface area (TPSA) is 108 Å². The molecule has 1 aromatic carbocycles. The van der Waals surface area contributed by atoms with Crippen LogP contribution in [-0.2, 0) is 19.6 Å². The van der Waals surface area contributed by atoms with Gasteiger partial charge >= 0.3 is 0 Å². The highest BCUT2D eigenvalue weighted by Gasteiger charge is 2.20. The average Bonchev–Trinajstić information content (AvgIpc) is 2.37. The van der Waals surface area contributed by atoms with E-state index in [0.717, 1.165) is 0 Å². The quantitative estimate of drug-likeness (QED) is 0.670. The largest absolute Gasteiger partial charge is 0.483 e. The Labute approximate surface area is 128 Å². The van der Waals surface area contributed by atoms with Gasteiger partial charge in [-0.1, -0.05) is 11.6 Å². The molecule has 1 rings (SSSR count). The standard InChI is InChI=1S/C12H17ClN2O5S/c1-8-5-9(13)11(6-10(8)20-7-12(14)16)21(17,18)15-3-4-19-2/h5-6,15H,3-4,7H2,1-2H3,(H2,14,16). The molecule has 0 saturated heterocycles. The molecule has 1 amide bonds. The van der Waals surface area contributed by atoms with E-state index in [0.29, 0.717) is 5.56 Å². The number of carbonyl (C=O) groups excluding carboxylic acids is 1. The van der Waals surface area contributed by atoms with E-state index in [1.165, 1.54) is 19.2 Å². The predicted molar refractivity (Wildman–Crippen MR) is 77.9 cm³/mol. The molecule has 0 aliphatic carbocycles. The molecular weight excluding hydrogens is 320 g/mol. The Balaban J connectivity index is 3.06. The number of methoxy groups -OCH3 is 1. The number of sulfonamides is 1. The number of nitrogens with one attached hydrogen (secondary N) is 1. The summed E-state index contributed by atoms with van der Waals surface area (Å²) < 4.78 is 36.5. The number of hydrogen-bond donors (Lipinski definition) is 2. The number of hydrogen-bond acceptors (Lipinski definition) is 5. The first-order chi connectivity index (χ1) is 9.77. The zero-order valence-corrected chi connectivity index (χ0v) is 13.3. The molecule has 0 atom stereocenters. The first-order valence-corrected chi connectivity index (χ1v) is 7.84. The maximum atomic E-state index is 12.1. The van der Waals surface area contributed by atoms with Gasteiger partial charge in [-0.25, -0.2) is 13.1 Å². The Morgan fingerprint density at radius 3 is 2.67 bits per heavy atom. The van der Waals surface area contributed by atoms with Crippen LogP contribution in [0.2, 0.25) is 5.02 Å². The van der Waals surface area contributed by atoms with Crippen LogP contribution in [0.1, 0.15) is 5.56 Å². The van der Waals surface area contributed by atoms with Gasteiger partial charge in [0.15, 0.2) is 6.61 Å². The normalized spacial score (nSPS) is 11.4. The number of ether oxygens (including phenoxy) is 2. The van der Waals surface area contributed by atoms with Gasteiger partial charge in [0.2, 0.25) is 10.0 Å². The Hall–Kier alpha value is -1.35. The van der Waals surface area contributed by atoms with Crippen LogP contribution in [-0.4, -0.2) is 41.2 Å². The number of halogens is 1. The third-order valence-corrected chi connectivity index (χ3v) is 4.41. The molecule has 9 heteroatoms. The van der Waals surface area contributed by atoms with Crippen molar-refractivity contribution in [3.63, 3.8) is 0 Å². The summed E-state index contributed by atoms with van der Waals surface area (Å²) in [5, 5.41) is 0.0591. The van der Waals surface area contributed by atoms with E-state index in [-0.39, 0.29) is 35.4 Å². The van der Waals surface area contributed by atoms with Gasteiger partial charge in [-0.3, -0.25) is 4.79 Å². The molecule has 0 aliphatic rings. The molecule has 0 spiro atoms. The highest BCUT2D eigenvalue weighted by atomic mass is 35.5. The summed E-state index contributed by atoms with van der Waals surface area (Å²) in [6, 6.07) is 2.71. The summed E-state index contributed by atoms with van der Waals surface area (Å²) in [6.07, 6.45) is 0. The number of amides is 1. The second kappa shape index (κ2) is 7.60. The molecule has 0 saturated carbocycles. The SMILES string of the molecule is COCCNS(=O)(=O)c1cc(OCC(N)=O)c(C)cc1Cl. The minimum absolute atomic E-state index is 0.0591. The zero-order chi connectivity index (χ0) is 16.0. The number of nitrogens with two attached hydrogens (primary N) is 1. The highest BCUT2D eigenvalue weighted by molar-refractivity contribution is 7.89. The number of aryl methyl sites for hydroxylation is 1. The third kappa shape index (κ3) is 5.16. The van der Waals surface area contributed by atoms with E-state index in [1.807, 2.05) is 0 Å². The van der Waals surface area contributed by atoms with Gasteiger partial charge in [0.05, 0.1) is 11.6 Å². The van der Waals surface area contributed by atoms with Crippen molar-refractivity contribution in [1.29, 1.82) is 0 Å². The molecule has 0 heterocycles. The van der Waals surface area contributed by atoms with Crippen LogP contribution in [0.3, 0.4) is 0 Å². The second-order valence-corrected chi connectivity index (χ2v) is 6.34. The van der Waals surface area contributed by atoms with E-state index < -0.39 is 15.9 Å². The fourth-order valence-electron chi connectivity index (χ4n) is 1.50. The molecule has 0 aromatic heterocycles. The zero-order valence-electron chi connectivity index (χ0n) is 11.7. The molecule has 7 nitrogen and oxygen atoms in total. The van der Waals surface area contributed by atoms with E-state index in [4.69, 9.17) is 26.8 Å². The molecule has 118 valence electrons. The lowest BCUT2D eigenvalue weighted by Gasteiger charge is -2.12. The molecule has 3 N–H and O–H groups in total. The lowest BCUT2D eigenvalue weighted by Crippen LogP contribution is -2.27. The predicted octanol–water partition coefficient (Wildman–Crippen LogP) is 0.437. The molecular formula is C12H17ClN2O5S. The lowest BCUT2D eigenvalue weighted by molar-refractivity contribution is -0.119. The van der Waals surface area contributed by atoms with E-state index >= 15 is 0 Å². The Morgan fingerprint density at radius 1 is 1.43 bits per heavy atom. The average molecular weight is 337 g/mol. The van der Waals surface area contributed by atoms with Gasteiger partial charge in [-0.2, -0.15) is 0 Å². The Morgan fingerprint density at radius 2 is 2.10 bits per heavy atom. The minimum Gasteiger partial charge on any atom is -0.483 e. The maximum absolute atomic E-state index is 12.1. The van der Waals surface area contributed by atoms with Gasteiger partial charge in [0, 0.05) is 19.7 Å². The van der Waals surface area contributed by atoms with Crippen molar-refractivity contribution in [3.05, 3.63) is 22.7 Å². The highest BCUT2D eigenvalue weighted by Crippen LogP contribution is 2.29. The van der Waals surface area contributed by atoms with Crippen LogP contribution in [0.4, 0.5) is 0 Å². The van der Waals surface area contributed by atoms with Crippen molar-refractivity contribution in [2.24, 2.45) is 5.73 Å². The van der Waals surface area contributed by atoms with Crippen molar-refractivity contribution in [1.82, 2.24) is 4.72 Å². The number of primary amides is 1. The van der Waals surface area contributed by atoms with Crippen molar-refractivity contribution < 1.29 is 22.7 Å². The smallest absolute Gasteiger partial charge is 0.255 e. The summed E-state index contributed by atoms with van der Waals surface area (Å²) in [7, 11) is -2.34. The molecule has 0 radical (unpaired) electrons. The fourth-order valence-corrected chi connectivity index (χ4v) is 3.11. The molecule has 21 heavy (non-hydrogen) atoms. The van der Waals surface area contributed by atoms with Gasteiger partial charge in [-0.15, -0.1) is 0 Å². The number of rotatable bonds is 8. The van der Waals surface area contributed by atoms with E-state index in [1.54, 1.807) is 6.92 Å². The van der Waals surface area contributed by atoms with Crippen LogP contribution in [0, 0.1) is 6.92 Å². The van der Waals surface area contributed by atoms with Crippen molar-refractivity contribution in [2.75, 3.05) is 26.9 Å². The maximum Gasteiger partial charge on any atom is 0.255 e. The van der Waals surface area contributed by atoms with E-state index in [2.05, 4.69) is 4.72 Å². The summed E-state index contributed by atoms with van der Waals surface area (Å²) in [5.41, 5.74) is 5.59. The fraction of sp³-hybridized carbons (Fsp3) is 0.417. The molecule has 1 aromatic rings. The van der Waals surface area contributed by atoms with Crippen LogP contribution in [0.25, 0.3) is 0 Å². The monoisotopic (exact) mass is 336 g/mol. The Bertz CT molecular complexity index is 618. The lowest BCUT2D eigenvalue weighted by atomic mass is 10.2. The summed E-state index contributed by atoms with van der Waals surface area (Å²) >= 11 is 5.96. The summed E-state index contributed by atoms with van der Waals surface area (Å²) in [6.45, 7) is 1.67. The Kier molecular flexibility index (Phi) is 6.41. The van der Waals surface area contributed by atoms with Gasteiger partial charge in [0.1, 0.15) is 10.6 Å². The van der Waals surface area contributed by atoms with Crippen LogP contribution in [0.5, 0.6) is 5.75 Å². The number of carbonyl (C=O) groups is 1. The molecule has 0 bridgehead atoms. The van der Waals surface area contributed by atoms with Crippen molar-refractivity contribution in [3.8, 4) is 5.75 Å². The van der Waals surface area contributed by atoms with Gasteiger partial charge in [-0.05, 0) is 18.6 Å². The summed E-state index contributed by atoms with van der Waals surface area (Å²) in [4.78, 5) is 10.6. The van der Waals surface area contributed by atoms with Crippen molar-refractivity contribution >= 4 is 27.5 Å². The van der Waals surface area contributed by atoms with Gasteiger partial charge < -0.3 is 15.2 Å². The van der Waals surface area contributed by atoms with Crippen molar-refractivity contribution in [2.45, 2.75) is 11.8 Å². The first-order valence-electron chi connectivity index (χ1n) is 5.97. The van der Waals surface area contributed by atoms with Crippen LogP contribution in [0.15, 0.2) is 17.0 Å². The molecule has 0 aliphatic heterocycles. The van der Waals surface area contributed by atoms with Crippen LogP contribution < -0.4 is 15.2 Å². The minimum atomic E-state index is -3.80. The number of benzene rings is 1. The first kappa shape index (κ1) is 17.7. The molecule has 0 fully saturated rings. The summed E-state index contributed by atoms with van der Waals surface area (Å²) in [5.74, 6) is -0.433. The molecule has 0 unspecified atom stereocenters. The van der Waals surface area contributed by atoms with Gasteiger partial charge in [0.25, 0.3) is 5.91 Å².